The van der Waals surface area contributed by atoms with E-state index in [0.717, 1.165) is 0 Å². The number of benzene rings is 2. The molecule has 11 nitrogen and oxygen atoms in total. The topological polar surface area (TPSA) is 143 Å². The molecule has 1 heterocycles. The zero-order valence-corrected chi connectivity index (χ0v) is 24.5. The molecular weight excluding hydrogens is 602 g/mol. The average molecular weight is 631 g/mol. The van der Waals surface area contributed by atoms with Crippen molar-refractivity contribution in [3.63, 3.8) is 0 Å². The first-order valence-corrected chi connectivity index (χ1v) is 13.4. The minimum atomic E-state index is -0.636. The second-order valence-electron chi connectivity index (χ2n) is 8.12. The maximum Gasteiger partial charge on any atom is 0.338 e. The van der Waals surface area contributed by atoms with Crippen molar-refractivity contribution in [2.45, 2.75) is 26.8 Å². The molecule has 0 saturated heterocycles. The molecule has 0 saturated carbocycles. The van der Waals surface area contributed by atoms with Crippen molar-refractivity contribution >= 4 is 51.4 Å². The maximum atomic E-state index is 12.7. The van der Waals surface area contributed by atoms with E-state index in [9.17, 15) is 9.59 Å². The predicted octanol–water partition coefficient (Wildman–Crippen LogP) is 3.64. The van der Waals surface area contributed by atoms with Crippen molar-refractivity contribution in [3.8, 4) is 23.3 Å². The summed E-state index contributed by atoms with van der Waals surface area (Å²) >= 11 is 8.70. The van der Waals surface area contributed by atoms with Gasteiger partial charge in [0.25, 0.3) is 5.91 Å². The number of amides is 1. The molecule has 0 fully saturated rings. The van der Waals surface area contributed by atoms with Crippen molar-refractivity contribution < 1.29 is 28.5 Å². The SMILES string of the molecule is CCOC(=O)C1=C(C)NC(=S)N[C@H]1c1ccccc1OCC(=O)NN=Cc1cc(Br)c(OCC#N)c(OCC)c1. The third-order valence-corrected chi connectivity index (χ3v) is 6.18. The van der Waals surface area contributed by atoms with Gasteiger partial charge in [0.1, 0.15) is 11.8 Å². The van der Waals surface area contributed by atoms with Crippen LogP contribution in [0.1, 0.15) is 37.9 Å². The van der Waals surface area contributed by atoms with Crippen LogP contribution in [0.25, 0.3) is 0 Å². The van der Waals surface area contributed by atoms with E-state index in [1.54, 1.807) is 50.2 Å². The molecule has 0 aliphatic carbocycles. The first-order chi connectivity index (χ1) is 19.3. The number of carbonyl (C=O) groups is 2. The zero-order chi connectivity index (χ0) is 29.1. The molecule has 1 atom stereocenters. The highest BCUT2D eigenvalue weighted by Gasteiger charge is 2.32. The fourth-order valence-corrected chi connectivity index (χ4v) is 4.63. The van der Waals surface area contributed by atoms with Crippen LogP contribution in [0.5, 0.6) is 17.2 Å². The Morgan fingerprint density at radius 2 is 1.95 bits per heavy atom. The van der Waals surface area contributed by atoms with Crippen LogP contribution in [0.4, 0.5) is 0 Å². The van der Waals surface area contributed by atoms with Crippen molar-refractivity contribution in [3.05, 3.63) is 63.3 Å². The normalized spacial score (nSPS) is 14.6. The van der Waals surface area contributed by atoms with Gasteiger partial charge in [0.15, 0.2) is 29.8 Å². The van der Waals surface area contributed by atoms with Gasteiger partial charge < -0.3 is 29.6 Å². The van der Waals surface area contributed by atoms with Crippen molar-refractivity contribution in [1.82, 2.24) is 16.1 Å². The number of thiocarbonyl (C=S) groups is 1. The van der Waals surface area contributed by atoms with Gasteiger partial charge in [-0.3, -0.25) is 4.79 Å². The highest BCUT2D eigenvalue weighted by atomic mass is 79.9. The van der Waals surface area contributed by atoms with E-state index in [0.29, 0.717) is 55.8 Å². The summed E-state index contributed by atoms with van der Waals surface area (Å²) < 4.78 is 22.6. The molecule has 0 aromatic heterocycles. The fraction of sp³-hybridized carbons (Fsp3) is 0.296. The Morgan fingerprint density at radius 3 is 2.67 bits per heavy atom. The summed E-state index contributed by atoms with van der Waals surface area (Å²) in [5.41, 5.74) is 4.58. The lowest BCUT2D eigenvalue weighted by Crippen LogP contribution is -2.45. The summed E-state index contributed by atoms with van der Waals surface area (Å²) in [4.78, 5) is 25.2. The van der Waals surface area contributed by atoms with Gasteiger partial charge in [0.05, 0.1) is 35.5 Å². The van der Waals surface area contributed by atoms with Crippen LogP contribution in [0.2, 0.25) is 0 Å². The monoisotopic (exact) mass is 629 g/mol. The molecule has 210 valence electrons. The van der Waals surface area contributed by atoms with Gasteiger partial charge in [-0.15, -0.1) is 0 Å². The van der Waals surface area contributed by atoms with Crippen molar-refractivity contribution in [2.75, 3.05) is 26.4 Å². The number of para-hydroxylation sites is 1. The van der Waals surface area contributed by atoms with Gasteiger partial charge in [0, 0.05) is 11.3 Å². The molecule has 0 radical (unpaired) electrons. The summed E-state index contributed by atoms with van der Waals surface area (Å²) in [5.74, 6) is 0.222. The number of esters is 1. The number of rotatable bonds is 12. The quantitative estimate of drug-likeness (QED) is 0.138. The number of hydrogen-bond donors (Lipinski definition) is 3. The molecule has 1 amide bonds. The second-order valence-corrected chi connectivity index (χ2v) is 9.38. The smallest absolute Gasteiger partial charge is 0.338 e. The van der Waals surface area contributed by atoms with Crippen molar-refractivity contribution in [2.24, 2.45) is 5.10 Å². The summed E-state index contributed by atoms with van der Waals surface area (Å²) in [6.45, 7) is 5.43. The Labute approximate surface area is 245 Å². The van der Waals surface area contributed by atoms with E-state index in [-0.39, 0.29) is 19.8 Å². The molecule has 3 rings (SSSR count). The van der Waals surface area contributed by atoms with Gasteiger partial charge in [-0.2, -0.15) is 10.4 Å². The average Bonchev–Trinajstić information content (AvgIpc) is 2.91. The summed E-state index contributed by atoms with van der Waals surface area (Å²) in [6.07, 6.45) is 1.44. The lowest BCUT2D eigenvalue weighted by molar-refractivity contribution is -0.139. The van der Waals surface area contributed by atoms with E-state index >= 15 is 0 Å². The first-order valence-electron chi connectivity index (χ1n) is 12.2. The summed E-state index contributed by atoms with van der Waals surface area (Å²) in [6, 6.07) is 11.7. The van der Waals surface area contributed by atoms with Crippen LogP contribution in [0.3, 0.4) is 0 Å². The largest absolute Gasteiger partial charge is 0.490 e. The van der Waals surface area contributed by atoms with Crippen LogP contribution in [0, 0.1) is 11.3 Å². The standard InChI is InChI=1S/C27H28BrN5O6S/c1-4-36-21-13-17(12-19(28)25(21)38-11-10-29)14-30-33-22(34)15-39-20-9-7-6-8-18(20)24-23(26(35)37-5-2)16(3)31-27(40)32-24/h6-9,12-14,24H,4-5,11,15H2,1-3H3,(H,33,34)(H2,31,32,40)/t24-/m0/s1. The molecule has 40 heavy (non-hydrogen) atoms. The molecule has 0 bridgehead atoms. The lowest BCUT2D eigenvalue weighted by Gasteiger charge is -2.30. The number of halogens is 1. The van der Waals surface area contributed by atoms with Crippen LogP contribution in [0.15, 0.2) is 57.2 Å². The minimum Gasteiger partial charge on any atom is -0.490 e. The summed E-state index contributed by atoms with van der Waals surface area (Å²) in [5, 5.41) is 19.2. The van der Waals surface area contributed by atoms with Crippen LogP contribution < -0.4 is 30.3 Å². The number of nitrogens with one attached hydrogen (secondary N) is 3. The van der Waals surface area contributed by atoms with Crippen LogP contribution in [-0.2, 0) is 14.3 Å². The van der Waals surface area contributed by atoms with E-state index in [1.807, 2.05) is 13.0 Å². The molecule has 3 N–H and O–H groups in total. The highest BCUT2D eigenvalue weighted by molar-refractivity contribution is 9.10. The Bertz CT molecular complexity index is 1370. The molecule has 0 spiro atoms. The maximum absolute atomic E-state index is 12.7. The van der Waals surface area contributed by atoms with Crippen molar-refractivity contribution in [1.29, 1.82) is 5.26 Å². The van der Waals surface area contributed by atoms with Gasteiger partial charge in [-0.1, -0.05) is 18.2 Å². The molecule has 2 aromatic carbocycles. The Kier molecular flexibility index (Phi) is 11.3. The number of carbonyl (C=O) groups excluding carboxylic acids is 2. The zero-order valence-electron chi connectivity index (χ0n) is 22.1. The first kappa shape index (κ1) is 30.4. The fourth-order valence-electron chi connectivity index (χ4n) is 3.78. The van der Waals surface area contributed by atoms with Gasteiger partial charge in [0.2, 0.25) is 0 Å². The second kappa shape index (κ2) is 14.9. The van der Waals surface area contributed by atoms with E-state index in [2.05, 4.69) is 37.1 Å². The molecule has 2 aromatic rings. The minimum absolute atomic E-state index is 0.133. The number of ether oxygens (including phenoxy) is 4. The summed E-state index contributed by atoms with van der Waals surface area (Å²) in [7, 11) is 0. The van der Waals surface area contributed by atoms with Gasteiger partial charge in [-0.25, -0.2) is 10.2 Å². The molecular formula is C27H28BrN5O6S. The predicted molar refractivity (Wildman–Crippen MR) is 155 cm³/mol. The number of allylic oxidation sites excluding steroid dienone is 1. The van der Waals surface area contributed by atoms with E-state index in [4.69, 9.17) is 36.4 Å². The molecule has 13 heteroatoms. The Morgan fingerprint density at radius 1 is 1.18 bits per heavy atom. The number of hydrazone groups is 1. The molecule has 1 aliphatic heterocycles. The number of nitriles is 1. The molecule has 0 unspecified atom stereocenters. The Hall–Kier alpha value is -4.15. The number of hydrogen-bond acceptors (Lipinski definition) is 9. The number of nitrogens with zero attached hydrogens (tertiary/aromatic N) is 2. The lowest BCUT2D eigenvalue weighted by atomic mass is 9.95. The Balaban J connectivity index is 1.70. The van der Waals surface area contributed by atoms with E-state index in [1.165, 1.54) is 6.21 Å². The third-order valence-electron chi connectivity index (χ3n) is 5.37. The highest BCUT2D eigenvalue weighted by Crippen LogP contribution is 2.37. The van der Waals surface area contributed by atoms with Gasteiger partial charge in [-0.05, 0) is 72.7 Å². The van der Waals surface area contributed by atoms with Crippen LogP contribution in [-0.4, -0.2) is 49.6 Å². The third kappa shape index (κ3) is 7.93. The van der Waals surface area contributed by atoms with Gasteiger partial charge >= 0.3 is 5.97 Å². The molecule has 1 aliphatic rings. The van der Waals surface area contributed by atoms with E-state index < -0.39 is 17.9 Å². The van der Waals surface area contributed by atoms with Crippen LogP contribution >= 0.6 is 28.1 Å².